The van der Waals surface area contributed by atoms with Gasteiger partial charge in [0.05, 0.1) is 53.7 Å². The summed E-state index contributed by atoms with van der Waals surface area (Å²) in [6, 6.07) is 5.90. The Labute approximate surface area is 205 Å². The molecule has 3 aliphatic heterocycles. The molecule has 2 aromatic rings. The molecule has 3 aliphatic rings. The molecular weight excluding hydrogens is 456 g/mol. The number of amides is 1. The SMILES string of the molecule is CC1(C)CC(C(=O)Nc2cc3cc(N4CCN([C@]5(C)COC[C@@H]5O)CC4)c(Cl)cc3cn2)CO1. The highest BCUT2D eigenvalue weighted by molar-refractivity contribution is 6.34. The van der Waals surface area contributed by atoms with Gasteiger partial charge >= 0.3 is 0 Å². The Morgan fingerprint density at radius 3 is 2.56 bits per heavy atom. The van der Waals surface area contributed by atoms with Crippen LogP contribution in [-0.4, -0.2) is 84.1 Å². The maximum absolute atomic E-state index is 12.7. The number of ether oxygens (including phenoxy) is 2. The van der Waals surface area contributed by atoms with Crippen molar-refractivity contribution in [2.75, 3.05) is 56.2 Å². The quantitative estimate of drug-likeness (QED) is 0.684. The molecule has 3 fully saturated rings. The van der Waals surface area contributed by atoms with Crippen LogP contribution in [0.2, 0.25) is 5.02 Å². The van der Waals surface area contributed by atoms with Crippen LogP contribution in [0.4, 0.5) is 11.5 Å². The standard InChI is InChI=1S/C25H33ClN4O4/c1-24(2)11-18(13-34-24)23(32)28-22-10-16-9-20(19(26)8-17(16)12-27-22)29-4-6-30(7-5-29)25(3)15-33-14-21(25)31/h8-10,12,18,21,31H,4-7,11,13-15H2,1-3H3,(H,27,28,32)/t18?,21-,25+/m0/s1. The van der Waals surface area contributed by atoms with Gasteiger partial charge in [-0.15, -0.1) is 0 Å². The van der Waals surface area contributed by atoms with Gasteiger partial charge in [-0.1, -0.05) is 11.6 Å². The Morgan fingerprint density at radius 2 is 1.91 bits per heavy atom. The number of hydrogen-bond donors (Lipinski definition) is 2. The average Bonchev–Trinajstić information content (AvgIpc) is 3.35. The van der Waals surface area contributed by atoms with E-state index in [1.807, 2.05) is 26.0 Å². The van der Waals surface area contributed by atoms with Gasteiger partial charge in [-0.2, -0.15) is 0 Å². The van der Waals surface area contributed by atoms with Crippen molar-refractivity contribution in [3.05, 3.63) is 29.4 Å². The second-order valence-electron chi connectivity index (χ2n) is 10.5. The van der Waals surface area contributed by atoms with Crippen LogP contribution < -0.4 is 10.2 Å². The highest BCUT2D eigenvalue weighted by atomic mass is 35.5. The number of carbonyl (C=O) groups is 1. The fourth-order valence-corrected chi connectivity index (χ4v) is 5.60. The minimum absolute atomic E-state index is 0.0608. The van der Waals surface area contributed by atoms with Crippen LogP contribution in [0.25, 0.3) is 10.8 Å². The molecule has 34 heavy (non-hydrogen) atoms. The normalized spacial score (nSPS) is 29.6. The molecule has 5 rings (SSSR count). The molecule has 1 aromatic heterocycles. The number of pyridine rings is 1. The van der Waals surface area contributed by atoms with E-state index in [1.165, 1.54) is 0 Å². The van der Waals surface area contributed by atoms with Crippen molar-refractivity contribution in [1.29, 1.82) is 0 Å². The number of benzene rings is 1. The van der Waals surface area contributed by atoms with Crippen molar-refractivity contribution in [2.24, 2.45) is 5.92 Å². The summed E-state index contributed by atoms with van der Waals surface area (Å²) in [6.07, 6.45) is 1.97. The van der Waals surface area contributed by atoms with Crippen LogP contribution in [0, 0.1) is 5.92 Å². The van der Waals surface area contributed by atoms with Crippen LogP contribution in [0.3, 0.4) is 0 Å². The molecule has 0 spiro atoms. The molecule has 9 heteroatoms. The number of piperazine rings is 1. The highest BCUT2D eigenvalue weighted by Gasteiger charge is 2.44. The van der Waals surface area contributed by atoms with Gasteiger partial charge in [0, 0.05) is 37.8 Å². The first-order valence-corrected chi connectivity index (χ1v) is 12.3. The first-order chi connectivity index (χ1) is 16.1. The predicted octanol–water partition coefficient (Wildman–Crippen LogP) is 2.91. The number of nitrogens with one attached hydrogen (secondary N) is 1. The molecule has 0 bridgehead atoms. The number of aromatic nitrogens is 1. The summed E-state index contributed by atoms with van der Waals surface area (Å²) in [5.74, 6) is 0.299. The summed E-state index contributed by atoms with van der Waals surface area (Å²) in [5.41, 5.74) is 0.364. The molecule has 0 aliphatic carbocycles. The molecule has 3 atom stereocenters. The molecule has 1 aromatic carbocycles. The lowest BCUT2D eigenvalue weighted by Gasteiger charge is -2.45. The van der Waals surface area contributed by atoms with Crippen LogP contribution in [0.5, 0.6) is 0 Å². The second kappa shape index (κ2) is 8.91. The van der Waals surface area contributed by atoms with Gasteiger partial charge in [-0.25, -0.2) is 4.98 Å². The minimum Gasteiger partial charge on any atom is -0.389 e. The second-order valence-corrected chi connectivity index (χ2v) is 11.0. The van der Waals surface area contributed by atoms with Gasteiger partial charge in [0.1, 0.15) is 5.82 Å². The van der Waals surface area contributed by atoms with Crippen molar-refractivity contribution in [3.63, 3.8) is 0 Å². The van der Waals surface area contributed by atoms with Crippen LogP contribution in [-0.2, 0) is 14.3 Å². The number of nitrogens with zero attached hydrogens (tertiary/aromatic N) is 3. The van der Waals surface area contributed by atoms with Gasteiger partial charge in [0.15, 0.2) is 0 Å². The summed E-state index contributed by atoms with van der Waals surface area (Å²) in [6.45, 7) is 10.7. The number of fused-ring (bicyclic) bond motifs is 1. The Bertz CT molecular complexity index is 1090. The largest absolute Gasteiger partial charge is 0.389 e. The summed E-state index contributed by atoms with van der Waals surface area (Å²) in [7, 11) is 0. The monoisotopic (exact) mass is 488 g/mol. The average molecular weight is 489 g/mol. The zero-order valence-corrected chi connectivity index (χ0v) is 20.8. The summed E-state index contributed by atoms with van der Waals surface area (Å²) < 4.78 is 11.2. The molecule has 1 unspecified atom stereocenters. The summed E-state index contributed by atoms with van der Waals surface area (Å²) in [5, 5.41) is 15.9. The number of carbonyl (C=O) groups excluding carboxylic acids is 1. The number of aliphatic hydroxyl groups excluding tert-OH is 1. The van der Waals surface area contributed by atoms with E-state index in [1.54, 1.807) is 6.20 Å². The van der Waals surface area contributed by atoms with E-state index in [4.69, 9.17) is 21.1 Å². The lowest BCUT2D eigenvalue weighted by Crippen LogP contribution is -2.60. The van der Waals surface area contributed by atoms with Crippen LogP contribution in [0.1, 0.15) is 27.2 Å². The van der Waals surface area contributed by atoms with E-state index in [0.29, 0.717) is 37.1 Å². The van der Waals surface area contributed by atoms with Gasteiger partial charge in [0.25, 0.3) is 0 Å². The minimum atomic E-state index is -0.466. The van der Waals surface area contributed by atoms with Crippen molar-refractivity contribution in [1.82, 2.24) is 9.88 Å². The molecule has 0 saturated carbocycles. The smallest absolute Gasteiger partial charge is 0.231 e. The fraction of sp³-hybridized carbons (Fsp3) is 0.600. The topological polar surface area (TPSA) is 87.2 Å². The maximum atomic E-state index is 12.7. The molecule has 8 nitrogen and oxygen atoms in total. The number of halogens is 1. The van der Waals surface area contributed by atoms with Crippen LogP contribution >= 0.6 is 11.6 Å². The Morgan fingerprint density at radius 1 is 1.15 bits per heavy atom. The third-order valence-corrected chi connectivity index (χ3v) is 7.86. The molecule has 2 N–H and O–H groups in total. The Kier molecular flexibility index (Phi) is 6.23. The number of hydrogen-bond acceptors (Lipinski definition) is 7. The lowest BCUT2D eigenvalue weighted by atomic mass is 9.95. The lowest BCUT2D eigenvalue weighted by molar-refractivity contribution is -0.119. The third kappa shape index (κ3) is 4.50. The molecule has 3 saturated heterocycles. The van der Waals surface area contributed by atoms with E-state index < -0.39 is 6.10 Å². The number of aliphatic hydroxyl groups is 1. The van der Waals surface area contributed by atoms with E-state index in [0.717, 1.165) is 42.6 Å². The van der Waals surface area contributed by atoms with E-state index in [9.17, 15) is 9.90 Å². The zero-order valence-electron chi connectivity index (χ0n) is 20.0. The summed E-state index contributed by atoms with van der Waals surface area (Å²) in [4.78, 5) is 21.7. The predicted molar refractivity (Wildman–Crippen MR) is 133 cm³/mol. The third-order valence-electron chi connectivity index (χ3n) is 7.55. The van der Waals surface area contributed by atoms with Crippen molar-refractivity contribution in [2.45, 2.75) is 44.4 Å². The van der Waals surface area contributed by atoms with E-state index in [-0.39, 0.29) is 23.0 Å². The summed E-state index contributed by atoms with van der Waals surface area (Å²) >= 11 is 6.66. The molecule has 4 heterocycles. The van der Waals surface area contributed by atoms with Gasteiger partial charge in [-0.3, -0.25) is 9.69 Å². The van der Waals surface area contributed by atoms with E-state index in [2.05, 4.69) is 33.1 Å². The van der Waals surface area contributed by atoms with Crippen molar-refractivity contribution < 1.29 is 19.4 Å². The van der Waals surface area contributed by atoms with Gasteiger partial charge in [0.2, 0.25) is 5.91 Å². The zero-order chi connectivity index (χ0) is 24.1. The van der Waals surface area contributed by atoms with E-state index >= 15 is 0 Å². The Hall–Kier alpha value is -1.97. The number of rotatable bonds is 4. The molecule has 1 amide bonds. The number of anilines is 2. The molecule has 0 radical (unpaired) electrons. The van der Waals surface area contributed by atoms with Crippen molar-refractivity contribution in [3.8, 4) is 0 Å². The molecular formula is C25H33ClN4O4. The first kappa shape index (κ1) is 23.8. The maximum Gasteiger partial charge on any atom is 0.231 e. The first-order valence-electron chi connectivity index (χ1n) is 11.9. The fourth-order valence-electron chi connectivity index (χ4n) is 5.31. The van der Waals surface area contributed by atoms with Crippen LogP contribution in [0.15, 0.2) is 24.4 Å². The molecule has 184 valence electrons. The van der Waals surface area contributed by atoms with Crippen molar-refractivity contribution >= 4 is 39.8 Å². The van der Waals surface area contributed by atoms with Gasteiger partial charge in [-0.05, 0) is 50.8 Å². The van der Waals surface area contributed by atoms with Gasteiger partial charge < -0.3 is 24.8 Å². The highest BCUT2D eigenvalue weighted by Crippen LogP contribution is 2.35. The Balaban J connectivity index is 1.30.